The smallest absolute Gasteiger partial charge is 0.303 e. The number of rotatable bonds is 1. The number of ketones is 1. The highest BCUT2D eigenvalue weighted by molar-refractivity contribution is 5.87. The predicted molar refractivity (Wildman–Crippen MR) is 59.6 cm³/mol. The van der Waals surface area contributed by atoms with E-state index in [0.29, 0.717) is 0 Å². The van der Waals surface area contributed by atoms with E-state index >= 15 is 0 Å². The van der Waals surface area contributed by atoms with Gasteiger partial charge in [-0.3, -0.25) is 9.59 Å². The Bertz CT molecular complexity index is 377. The summed E-state index contributed by atoms with van der Waals surface area (Å²) in [6.07, 6.45) is -1.82. The van der Waals surface area contributed by atoms with Crippen LogP contribution < -0.4 is 0 Å². The number of hydrogen-bond acceptors (Lipinski definition) is 6. The van der Waals surface area contributed by atoms with Gasteiger partial charge in [-0.2, -0.15) is 0 Å². The summed E-state index contributed by atoms with van der Waals surface area (Å²) in [6, 6.07) is 0. The lowest BCUT2D eigenvalue weighted by Crippen LogP contribution is -2.53. The van der Waals surface area contributed by atoms with Crippen molar-refractivity contribution < 1.29 is 28.9 Å². The largest absolute Gasteiger partial charge is 0.452 e. The highest BCUT2D eigenvalue weighted by atomic mass is 16.8. The van der Waals surface area contributed by atoms with Crippen molar-refractivity contribution in [2.24, 2.45) is 0 Å². The molecular formula is C12H18O6. The summed E-state index contributed by atoms with van der Waals surface area (Å²) in [5.74, 6) is -1.66. The summed E-state index contributed by atoms with van der Waals surface area (Å²) in [6.45, 7) is 4.99. The Morgan fingerprint density at radius 2 is 2.17 bits per heavy atom. The Balaban J connectivity index is 2.10. The zero-order valence-electron chi connectivity index (χ0n) is 10.8. The number of aliphatic hydroxyl groups is 1. The van der Waals surface area contributed by atoms with E-state index in [4.69, 9.17) is 14.2 Å². The Labute approximate surface area is 105 Å². The maximum Gasteiger partial charge on any atom is 0.303 e. The molecule has 1 aliphatic carbocycles. The molecule has 0 aromatic heterocycles. The second kappa shape index (κ2) is 4.29. The fraction of sp³-hybridized carbons (Fsp3) is 0.833. The molecule has 1 heterocycles. The van der Waals surface area contributed by atoms with Crippen molar-refractivity contribution in [3.05, 3.63) is 0 Å². The van der Waals surface area contributed by atoms with E-state index in [1.54, 1.807) is 13.8 Å². The maximum absolute atomic E-state index is 11.9. The molecule has 2 aliphatic rings. The Morgan fingerprint density at radius 3 is 2.61 bits per heavy atom. The first kappa shape index (κ1) is 13.5. The quantitative estimate of drug-likeness (QED) is 0.675. The molecule has 0 aromatic rings. The Morgan fingerprint density at radius 1 is 1.50 bits per heavy atom. The first-order valence-corrected chi connectivity index (χ1v) is 5.95. The molecule has 1 saturated heterocycles. The third kappa shape index (κ3) is 2.55. The molecule has 1 saturated carbocycles. The van der Waals surface area contributed by atoms with Crippen molar-refractivity contribution in [1.82, 2.24) is 0 Å². The lowest BCUT2D eigenvalue weighted by Gasteiger charge is -2.37. The maximum atomic E-state index is 11.9. The molecule has 6 nitrogen and oxygen atoms in total. The van der Waals surface area contributed by atoms with Crippen molar-refractivity contribution in [3.63, 3.8) is 0 Å². The van der Waals surface area contributed by atoms with Gasteiger partial charge in [-0.15, -0.1) is 0 Å². The molecule has 2 fully saturated rings. The number of hydrogen-bond donors (Lipinski definition) is 1. The van der Waals surface area contributed by atoms with Crippen LogP contribution in [0, 0.1) is 0 Å². The van der Waals surface area contributed by atoms with E-state index < -0.39 is 29.6 Å². The van der Waals surface area contributed by atoms with Gasteiger partial charge in [-0.1, -0.05) is 0 Å². The van der Waals surface area contributed by atoms with Gasteiger partial charge >= 0.3 is 5.97 Å². The SMILES string of the molecule is CC(=O)O[C@H]1C(=O)C[C@]2(COC(C)(C)O2)C[C@H]1O. The zero-order valence-corrected chi connectivity index (χ0v) is 10.8. The molecule has 18 heavy (non-hydrogen) atoms. The van der Waals surface area contributed by atoms with Gasteiger partial charge in [0.1, 0.15) is 11.7 Å². The van der Waals surface area contributed by atoms with Gasteiger partial charge in [0.2, 0.25) is 0 Å². The molecule has 1 N–H and O–H groups in total. The summed E-state index contributed by atoms with van der Waals surface area (Å²) in [7, 11) is 0. The van der Waals surface area contributed by atoms with Crippen molar-refractivity contribution in [2.45, 2.75) is 57.2 Å². The van der Waals surface area contributed by atoms with Gasteiger partial charge in [-0.25, -0.2) is 0 Å². The molecule has 2 rings (SSSR count). The fourth-order valence-electron chi connectivity index (χ4n) is 2.59. The molecule has 102 valence electrons. The third-order valence-electron chi connectivity index (χ3n) is 3.18. The van der Waals surface area contributed by atoms with E-state index in [1.165, 1.54) is 6.92 Å². The molecule has 0 bridgehead atoms. The summed E-state index contributed by atoms with van der Waals surface area (Å²) in [4.78, 5) is 22.8. The van der Waals surface area contributed by atoms with Crippen LogP contribution in [0.3, 0.4) is 0 Å². The molecule has 0 radical (unpaired) electrons. The van der Waals surface area contributed by atoms with Gasteiger partial charge in [-0.05, 0) is 13.8 Å². The highest BCUT2D eigenvalue weighted by Gasteiger charge is 2.53. The Kier molecular flexibility index (Phi) is 3.21. The van der Waals surface area contributed by atoms with Crippen LogP contribution in [-0.4, -0.2) is 47.1 Å². The number of aliphatic hydroxyl groups excluding tert-OH is 1. The van der Waals surface area contributed by atoms with Crippen molar-refractivity contribution in [1.29, 1.82) is 0 Å². The number of esters is 1. The second-order valence-electron chi connectivity index (χ2n) is 5.42. The number of ether oxygens (including phenoxy) is 3. The molecule has 0 amide bonds. The first-order valence-electron chi connectivity index (χ1n) is 5.95. The molecule has 0 unspecified atom stereocenters. The monoisotopic (exact) mass is 258 g/mol. The van der Waals surface area contributed by atoms with Crippen LogP contribution in [0.15, 0.2) is 0 Å². The van der Waals surface area contributed by atoms with Crippen LogP contribution in [0.5, 0.6) is 0 Å². The minimum atomic E-state index is -1.08. The average molecular weight is 258 g/mol. The van der Waals surface area contributed by atoms with Crippen molar-refractivity contribution >= 4 is 11.8 Å². The number of carbonyl (C=O) groups excluding carboxylic acids is 2. The van der Waals surface area contributed by atoms with Gasteiger partial charge in [0.25, 0.3) is 0 Å². The summed E-state index contributed by atoms with van der Waals surface area (Å²) >= 11 is 0. The average Bonchev–Trinajstić information content (AvgIpc) is 2.48. The number of Topliss-reactive ketones (excluding diaryl/α,β-unsaturated/α-hetero) is 1. The van der Waals surface area contributed by atoms with Crippen LogP contribution in [0.1, 0.15) is 33.6 Å². The van der Waals surface area contributed by atoms with Crippen LogP contribution in [0.4, 0.5) is 0 Å². The van der Waals surface area contributed by atoms with Gasteiger partial charge < -0.3 is 19.3 Å². The summed E-state index contributed by atoms with van der Waals surface area (Å²) in [5, 5.41) is 9.95. The Hall–Kier alpha value is -0.980. The van der Waals surface area contributed by atoms with Crippen molar-refractivity contribution in [3.8, 4) is 0 Å². The van der Waals surface area contributed by atoms with E-state index in [0.717, 1.165) is 0 Å². The lowest BCUT2D eigenvalue weighted by molar-refractivity contribution is -0.192. The topological polar surface area (TPSA) is 82.1 Å². The van der Waals surface area contributed by atoms with Crippen LogP contribution in [0.2, 0.25) is 0 Å². The van der Waals surface area contributed by atoms with Crippen molar-refractivity contribution in [2.75, 3.05) is 6.61 Å². The minimum Gasteiger partial charge on any atom is -0.452 e. The molecule has 0 aromatic carbocycles. The summed E-state index contributed by atoms with van der Waals surface area (Å²) in [5.41, 5.74) is -0.795. The minimum absolute atomic E-state index is 0.0887. The molecular weight excluding hydrogens is 240 g/mol. The molecule has 6 heteroatoms. The van der Waals surface area contributed by atoms with Crippen LogP contribution in [-0.2, 0) is 23.8 Å². The normalized spacial score (nSPS) is 39.0. The van der Waals surface area contributed by atoms with E-state index in [-0.39, 0.29) is 25.2 Å². The van der Waals surface area contributed by atoms with Gasteiger partial charge in [0.05, 0.1) is 6.61 Å². The van der Waals surface area contributed by atoms with E-state index in [1.807, 2.05) is 0 Å². The van der Waals surface area contributed by atoms with Gasteiger partial charge in [0, 0.05) is 19.8 Å². The second-order valence-corrected chi connectivity index (χ2v) is 5.42. The highest BCUT2D eigenvalue weighted by Crippen LogP contribution is 2.40. The zero-order chi connectivity index (χ0) is 13.6. The predicted octanol–water partition coefficient (Wildman–Crippen LogP) is 0.164. The number of carbonyl (C=O) groups is 2. The summed E-state index contributed by atoms with van der Waals surface area (Å²) < 4.78 is 16.0. The van der Waals surface area contributed by atoms with Crippen LogP contribution in [0.25, 0.3) is 0 Å². The fourth-order valence-corrected chi connectivity index (χ4v) is 2.59. The standard InChI is InChI=1S/C12H18O6/c1-7(13)17-10-8(14)4-12(5-9(10)15)6-16-11(2,3)18-12/h8,10,14H,4-6H2,1-3H3/t8-,10-,12+/m1/s1. The van der Waals surface area contributed by atoms with E-state index in [9.17, 15) is 14.7 Å². The van der Waals surface area contributed by atoms with Gasteiger partial charge in [0.15, 0.2) is 17.7 Å². The lowest BCUT2D eigenvalue weighted by atomic mass is 9.81. The van der Waals surface area contributed by atoms with E-state index in [2.05, 4.69) is 0 Å². The van der Waals surface area contributed by atoms with Crippen LogP contribution >= 0.6 is 0 Å². The molecule has 1 aliphatic heterocycles. The molecule has 1 spiro atoms. The first-order chi connectivity index (χ1) is 8.23. The third-order valence-corrected chi connectivity index (χ3v) is 3.18. The molecule has 3 atom stereocenters.